The lowest BCUT2D eigenvalue weighted by atomic mass is 9.96. The number of nitrogens with zero attached hydrogens (tertiary/aromatic N) is 2. The molecule has 5 unspecified atom stereocenters. The molecule has 1 fully saturated rings. The number of ether oxygens (including phenoxy) is 1. The molecule has 2 aliphatic rings. The molecule has 3 heterocycles. The van der Waals surface area contributed by atoms with E-state index in [0.717, 1.165) is 0 Å². The van der Waals surface area contributed by atoms with Crippen LogP contribution in [0.4, 0.5) is 5.69 Å². The molecule has 2 aliphatic heterocycles. The summed E-state index contributed by atoms with van der Waals surface area (Å²) in [6.45, 7) is 1.67. The molecule has 32 heavy (non-hydrogen) atoms. The number of aromatic hydroxyl groups is 1. The summed E-state index contributed by atoms with van der Waals surface area (Å²) in [7, 11) is 0. The second kappa shape index (κ2) is 7.55. The van der Waals surface area contributed by atoms with Crippen molar-refractivity contribution in [3.63, 3.8) is 0 Å². The number of rotatable bonds is 2. The molecule has 0 spiro atoms. The normalized spacial score (nSPS) is 27.6. The third-order valence-corrected chi connectivity index (χ3v) is 6.47. The second-order valence-electron chi connectivity index (χ2n) is 7.97. The lowest BCUT2D eigenvalue weighted by molar-refractivity contribution is -0.200. The number of carbonyl (C=O) groups excluding carboxylic acids is 1. The summed E-state index contributed by atoms with van der Waals surface area (Å²) < 4.78 is 7.41. The summed E-state index contributed by atoms with van der Waals surface area (Å²) >= 11 is 12.2. The van der Waals surface area contributed by atoms with E-state index in [0.29, 0.717) is 32.2 Å². The summed E-state index contributed by atoms with van der Waals surface area (Å²) in [5, 5.41) is 33.5. The third-order valence-electron chi connectivity index (χ3n) is 6.00. The molecular formula is C22H19Cl2N3O5. The number of halogens is 2. The van der Waals surface area contributed by atoms with E-state index >= 15 is 0 Å². The molecule has 1 saturated heterocycles. The quantitative estimate of drug-likeness (QED) is 0.450. The summed E-state index contributed by atoms with van der Waals surface area (Å²) in [6, 6.07) is 8.70. The Kier molecular flexibility index (Phi) is 5.05. The summed E-state index contributed by atoms with van der Waals surface area (Å²) in [5.74, 6) is -0.690. The van der Waals surface area contributed by atoms with Crippen molar-refractivity contribution in [3.05, 3.63) is 57.7 Å². The van der Waals surface area contributed by atoms with Crippen molar-refractivity contribution in [2.24, 2.45) is 10.7 Å². The van der Waals surface area contributed by atoms with Crippen LogP contribution in [0, 0.1) is 0 Å². The maximum atomic E-state index is 13.2. The van der Waals surface area contributed by atoms with Crippen LogP contribution < -0.4 is 5.73 Å². The van der Waals surface area contributed by atoms with Gasteiger partial charge in [-0.2, -0.15) is 0 Å². The number of aliphatic hydroxyl groups is 2. The van der Waals surface area contributed by atoms with Gasteiger partial charge in [-0.1, -0.05) is 23.2 Å². The summed E-state index contributed by atoms with van der Waals surface area (Å²) in [5.41, 5.74) is 7.08. The lowest BCUT2D eigenvalue weighted by Crippen LogP contribution is -2.58. The second-order valence-corrected chi connectivity index (χ2v) is 8.84. The van der Waals surface area contributed by atoms with Gasteiger partial charge < -0.3 is 30.4 Å². The standard InChI is InChI=1S/C22H19Cl2N3O5/c1-8-15(25)20(30)21(31)22(32-8)27-14-5-3-10(24)7-12(14)19(29)17(27)16-18(28)11-6-9(23)2-4-13(11)26-16/h2-8,15,20-22,29-31H,25H2,1H3. The fourth-order valence-electron chi connectivity index (χ4n) is 4.29. The number of aliphatic imine (C=N–C) groups is 1. The average molecular weight is 476 g/mol. The predicted molar refractivity (Wildman–Crippen MR) is 120 cm³/mol. The first-order valence-corrected chi connectivity index (χ1v) is 10.7. The molecule has 1 aromatic heterocycles. The molecule has 0 saturated carbocycles. The Morgan fingerprint density at radius 3 is 2.53 bits per heavy atom. The predicted octanol–water partition coefficient (Wildman–Crippen LogP) is 2.94. The highest BCUT2D eigenvalue weighted by Gasteiger charge is 2.44. The number of fused-ring (bicyclic) bond motifs is 2. The molecule has 0 bridgehead atoms. The summed E-state index contributed by atoms with van der Waals surface area (Å²) in [6.07, 6.45) is -4.49. The Hall–Kier alpha value is -2.46. The van der Waals surface area contributed by atoms with Gasteiger partial charge in [-0.15, -0.1) is 0 Å². The van der Waals surface area contributed by atoms with Gasteiger partial charge in [0.05, 0.1) is 28.9 Å². The maximum Gasteiger partial charge on any atom is 0.215 e. The molecule has 8 nitrogen and oxygen atoms in total. The van der Waals surface area contributed by atoms with Crippen LogP contribution in [0.3, 0.4) is 0 Å². The number of hydrogen-bond acceptors (Lipinski definition) is 7. The topological polar surface area (TPSA) is 130 Å². The van der Waals surface area contributed by atoms with Crippen LogP contribution in [0.5, 0.6) is 5.75 Å². The minimum absolute atomic E-state index is 0.0403. The molecule has 2 aromatic carbocycles. The Morgan fingerprint density at radius 1 is 1.09 bits per heavy atom. The smallest absolute Gasteiger partial charge is 0.215 e. The number of Topliss-reactive ketones (excluding diaryl/α,β-unsaturated/α-hetero) is 1. The van der Waals surface area contributed by atoms with E-state index in [1.807, 2.05) is 0 Å². The van der Waals surface area contributed by atoms with Gasteiger partial charge in [0.2, 0.25) is 5.78 Å². The summed E-state index contributed by atoms with van der Waals surface area (Å²) in [4.78, 5) is 17.7. The van der Waals surface area contributed by atoms with Crippen LogP contribution in [0.1, 0.15) is 29.2 Å². The molecule has 5 atom stereocenters. The number of benzene rings is 2. The van der Waals surface area contributed by atoms with Crippen molar-refractivity contribution in [1.29, 1.82) is 0 Å². The van der Waals surface area contributed by atoms with Crippen molar-refractivity contribution in [1.82, 2.24) is 4.57 Å². The van der Waals surface area contributed by atoms with Crippen LogP contribution in [0.2, 0.25) is 10.0 Å². The van der Waals surface area contributed by atoms with Crippen molar-refractivity contribution in [2.45, 2.75) is 37.5 Å². The number of nitrogens with two attached hydrogens (primary N) is 1. The van der Waals surface area contributed by atoms with Crippen LogP contribution in [-0.4, -0.2) is 55.7 Å². The average Bonchev–Trinajstić information content (AvgIpc) is 3.23. The van der Waals surface area contributed by atoms with Crippen LogP contribution >= 0.6 is 23.2 Å². The van der Waals surface area contributed by atoms with Gasteiger partial charge in [-0.25, -0.2) is 4.99 Å². The molecule has 5 rings (SSSR count). The first kappa shape index (κ1) is 21.4. The van der Waals surface area contributed by atoms with Crippen LogP contribution in [0.15, 0.2) is 41.4 Å². The van der Waals surface area contributed by atoms with E-state index in [-0.39, 0.29) is 17.2 Å². The molecule has 10 heteroatoms. The Balaban J connectivity index is 1.76. The third kappa shape index (κ3) is 3.07. The monoisotopic (exact) mass is 475 g/mol. The molecule has 0 aliphatic carbocycles. The van der Waals surface area contributed by atoms with Crippen molar-refractivity contribution in [3.8, 4) is 5.75 Å². The largest absolute Gasteiger partial charge is 0.505 e. The first-order valence-electron chi connectivity index (χ1n) is 9.92. The van der Waals surface area contributed by atoms with E-state index in [2.05, 4.69) is 4.99 Å². The Bertz CT molecular complexity index is 1300. The number of aromatic nitrogens is 1. The van der Waals surface area contributed by atoms with Gasteiger partial charge in [0.25, 0.3) is 0 Å². The first-order chi connectivity index (χ1) is 15.2. The molecule has 0 amide bonds. The SMILES string of the molecule is CC1OC(n2c(C3=Nc4ccc(Cl)cc4C3=O)c(O)c3cc(Cl)ccc32)C(O)C(O)C1N. The number of aliphatic hydroxyl groups excluding tert-OH is 2. The lowest BCUT2D eigenvalue weighted by Gasteiger charge is -2.41. The zero-order valence-corrected chi connectivity index (χ0v) is 18.2. The van der Waals surface area contributed by atoms with Gasteiger partial charge >= 0.3 is 0 Å². The van der Waals surface area contributed by atoms with Gasteiger partial charge in [0.15, 0.2) is 12.0 Å². The minimum atomic E-state index is -1.43. The maximum absolute atomic E-state index is 13.2. The van der Waals surface area contributed by atoms with Crippen LogP contribution in [0.25, 0.3) is 10.9 Å². The molecule has 3 aromatic rings. The highest BCUT2D eigenvalue weighted by molar-refractivity contribution is 6.55. The molecule has 0 radical (unpaired) electrons. The van der Waals surface area contributed by atoms with Gasteiger partial charge in [0.1, 0.15) is 23.6 Å². The number of hydrogen-bond donors (Lipinski definition) is 4. The van der Waals surface area contributed by atoms with Crippen molar-refractivity contribution >= 4 is 51.3 Å². The zero-order valence-electron chi connectivity index (χ0n) is 16.7. The molecular weight excluding hydrogens is 457 g/mol. The molecule has 166 valence electrons. The fraction of sp³-hybridized carbons (Fsp3) is 0.273. The van der Waals surface area contributed by atoms with Crippen molar-refractivity contribution < 1.29 is 24.9 Å². The van der Waals surface area contributed by atoms with E-state index in [1.165, 1.54) is 16.7 Å². The van der Waals surface area contributed by atoms with Gasteiger partial charge in [-0.05, 0) is 43.3 Å². The zero-order chi connectivity index (χ0) is 22.9. The Morgan fingerprint density at radius 2 is 1.78 bits per heavy atom. The Labute approximate surface area is 192 Å². The highest BCUT2D eigenvalue weighted by Crippen LogP contribution is 2.42. The highest BCUT2D eigenvalue weighted by atomic mass is 35.5. The van der Waals surface area contributed by atoms with E-state index in [1.54, 1.807) is 31.2 Å². The number of carbonyl (C=O) groups is 1. The van der Waals surface area contributed by atoms with E-state index in [9.17, 15) is 20.1 Å². The molecule has 5 N–H and O–H groups in total. The van der Waals surface area contributed by atoms with Crippen LogP contribution in [-0.2, 0) is 4.74 Å². The fourth-order valence-corrected chi connectivity index (χ4v) is 4.63. The minimum Gasteiger partial charge on any atom is -0.505 e. The van der Waals surface area contributed by atoms with E-state index < -0.39 is 36.4 Å². The number of ketones is 1. The van der Waals surface area contributed by atoms with Crippen molar-refractivity contribution in [2.75, 3.05) is 0 Å². The van der Waals surface area contributed by atoms with E-state index in [4.69, 9.17) is 33.7 Å². The van der Waals surface area contributed by atoms with Gasteiger partial charge in [-0.3, -0.25) is 4.79 Å². The van der Waals surface area contributed by atoms with Gasteiger partial charge in [0, 0.05) is 15.4 Å².